The van der Waals surface area contributed by atoms with Gasteiger partial charge in [-0.15, -0.1) is 11.3 Å². The summed E-state index contributed by atoms with van der Waals surface area (Å²) in [5, 5.41) is 2.91. The van der Waals surface area contributed by atoms with Crippen LogP contribution < -0.4 is 5.32 Å². The highest BCUT2D eigenvalue weighted by molar-refractivity contribution is 9.11. The lowest BCUT2D eigenvalue weighted by atomic mass is 10.3. The Kier molecular flexibility index (Phi) is 5.71. The second kappa shape index (κ2) is 6.55. The van der Waals surface area contributed by atoms with Crippen molar-refractivity contribution in [2.24, 2.45) is 0 Å². The van der Waals surface area contributed by atoms with Gasteiger partial charge < -0.3 is 5.32 Å². The number of thiophene rings is 1. The molecule has 0 aliphatic carbocycles. The van der Waals surface area contributed by atoms with Crippen LogP contribution in [0.3, 0.4) is 0 Å². The third-order valence-electron chi connectivity index (χ3n) is 1.89. The van der Waals surface area contributed by atoms with Crippen molar-refractivity contribution in [3.05, 3.63) is 20.3 Å². The van der Waals surface area contributed by atoms with Crippen molar-refractivity contribution in [1.29, 1.82) is 0 Å². The molecule has 1 amide bonds. The van der Waals surface area contributed by atoms with E-state index in [0.717, 1.165) is 32.9 Å². The summed E-state index contributed by atoms with van der Waals surface area (Å²) in [4.78, 5) is 12.4. The van der Waals surface area contributed by atoms with Gasteiger partial charge in [-0.25, -0.2) is 0 Å². The number of carbonyl (C=O) groups excluding carboxylic acids is 1. The molecule has 0 bridgehead atoms. The molecule has 15 heavy (non-hydrogen) atoms. The first kappa shape index (κ1) is 13.1. The number of rotatable bonds is 5. The van der Waals surface area contributed by atoms with Gasteiger partial charge in [-0.2, -0.15) is 11.8 Å². The lowest BCUT2D eigenvalue weighted by Gasteiger charge is -2.01. The molecular weight excluding hydrogens is 294 g/mol. The average molecular weight is 308 g/mol. The fourth-order valence-electron chi connectivity index (χ4n) is 1.08. The van der Waals surface area contributed by atoms with Crippen LogP contribution >= 0.6 is 39.0 Å². The second-order valence-corrected chi connectivity index (χ2v) is 6.53. The summed E-state index contributed by atoms with van der Waals surface area (Å²) < 4.78 is 1.04. The summed E-state index contributed by atoms with van der Waals surface area (Å²) >= 11 is 6.70. The van der Waals surface area contributed by atoms with Gasteiger partial charge in [-0.3, -0.25) is 4.79 Å². The van der Waals surface area contributed by atoms with Crippen LogP contribution in [0.5, 0.6) is 0 Å². The number of thioether (sulfide) groups is 1. The highest BCUT2D eigenvalue weighted by atomic mass is 79.9. The van der Waals surface area contributed by atoms with Crippen molar-refractivity contribution in [1.82, 2.24) is 5.32 Å². The molecule has 0 radical (unpaired) electrons. The van der Waals surface area contributed by atoms with Gasteiger partial charge >= 0.3 is 0 Å². The number of hydrogen-bond donors (Lipinski definition) is 1. The summed E-state index contributed by atoms with van der Waals surface area (Å²) in [6.45, 7) is 2.75. The van der Waals surface area contributed by atoms with Crippen LogP contribution in [-0.2, 0) is 0 Å². The topological polar surface area (TPSA) is 29.1 Å². The average Bonchev–Trinajstić information content (AvgIpc) is 2.54. The van der Waals surface area contributed by atoms with Crippen LogP contribution in [-0.4, -0.2) is 24.5 Å². The van der Waals surface area contributed by atoms with Crippen molar-refractivity contribution < 1.29 is 4.79 Å². The van der Waals surface area contributed by atoms with Crippen molar-refractivity contribution in [2.75, 3.05) is 18.6 Å². The van der Waals surface area contributed by atoms with Crippen LogP contribution in [0.15, 0.2) is 9.85 Å². The lowest BCUT2D eigenvalue weighted by Crippen LogP contribution is -2.23. The van der Waals surface area contributed by atoms with Crippen LogP contribution in [0.25, 0.3) is 0 Å². The van der Waals surface area contributed by atoms with E-state index in [4.69, 9.17) is 0 Å². The largest absolute Gasteiger partial charge is 0.351 e. The van der Waals surface area contributed by atoms with Crippen LogP contribution in [0.1, 0.15) is 21.7 Å². The number of amides is 1. The Labute approximate surface area is 107 Å². The van der Waals surface area contributed by atoms with Crippen molar-refractivity contribution in [2.45, 2.75) is 13.3 Å². The third kappa shape index (κ3) is 4.17. The first-order valence-corrected chi connectivity index (χ1v) is 7.68. The molecule has 0 unspecified atom stereocenters. The number of aryl methyl sites for hydroxylation is 1. The minimum absolute atomic E-state index is 0.0369. The minimum Gasteiger partial charge on any atom is -0.351 e. The molecule has 1 heterocycles. The first-order chi connectivity index (χ1) is 7.15. The molecule has 0 fully saturated rings. The molecule has 1 rings (SSSR count). The van der Waals surface area contributed by atoms with E-state index < -0.39 is 0 Å². The zero-order valence-corrected chi connectivity index (χ0v) is 12.0. The van der Waals surface area contributed by atoms with E-state index in [1.165, 1.54) is 11.3 Å². The molecule has 0 aliphatic rings. The van der Waals surface area contributed by atoms with E-state index in [0.29, 0.717) is 0 Å². The van der Waals surface area contributed by atoms with Gasteiger partial charge in [0.15, 0.2) is 0 Å². The molecular formula is C10H14BrNOS2. The van der Waals surface area contributed by atoms with E-state index in [9.17, 15) is 4.79 Å². The molecule has 5 heteroatoms. The number of carbonyl (C=O) groups is 1. The highest BCUT2D eigenvalue weighted by Crippen LogP contribution is 2.27. The standard InChI is InChI=1S/C10H14BrNOS2/c1-7-6-8(15-9(7)11)10(13)12-4-3-5-14-2/h6H,3-5H2,1-2H3,(H,12,13). The smallest absolute Gasteiger partial charge is 0.261 e. The molecule has 0 aliphatic heterocycles. The Hall–Kier alpha value is -0.0000000000000000833. The summed E-state index contributed by atoms with van der Waals surface area (Å²) in [7, 11) is 0. The minimum atomic E-state index is 0.0369. The Morgan fingerprint density at radius 2 is 2.40 bits per heavy atom. The van der Waals surface area contributed by atoms with Gasteiger partial charge in [0.25, 0.3) is 5.91 Å². The van der Waals surface area contributed by atoms with Gasteiger partial charge in [-0.05, 0) is 52.9 Å². The van der Waals surface area contributed by atoms with Crippen LogP contribution in [0.4, 0.5) is 0 Å². The molecule has 0 saturated heterocycles. The molecule has 1 aromatic rings. The molecule has 0 aromatic carbocycles. The predicted octanol–water partition coefficient (Wildman–Crippen LogP) is 3.30. The molecule has 1 aromatic heterocycles. The van der Waals surface area contributed by atoms with Gasteiger partial charge in [0.1, 0.15) is 0 Å². The maximum Gasteiger partial charge on any atom is 0.261 e. The lowest BCUT2D eigenvalue weighted by molar-refractivity contribution is 0.0958. The van der Waals surface area contributed by atoms with Crippen LogP contribution in [0.2, 0.25) is 0 Å². The Morgan fingerprint density at radius 1 is 1.67 bits per heavy atom. The van der Waals surface area contributed by atoms with E-state index in [2.05, 4.69) is 27.5 Å². The van der Waals surface area contributed by atoms with Gasteiger partial charge in [0.2, 0.25) is 0 Å². The van der Waals surface area contributed by atoms with Crippen molar-refractivity contribution >= 4 is 44.9 Å². The Balaban J connectivity index is 2.40. The maximum absolute atomic E-state index is 11.6. The van der Waals surface area contributed by atoms with E-state index in [1.54, 1.807) is 11.8 Å². The molecule has 0 atom stereocenters. The van der Waals surface area contributed by atoms with E-state index in [-0.39, 0.29) is 5.91 Å². The summed E-state index contributed by atoms with van der Waals surface area (Å²) in [6.07, 6.45) is 3.10. The third-order valence-corrected chi connectivity index (χ3v) is 4.72. The SMILES string of the molecule is CSCCCNC(=O)c1cc(C)c(Br)s1. The number of halogens is 1. The molecule has 84 valence electrons. The Bertz CT molecular complexity index is 319. The molecule has 1 N–H and O–H groups in total. The molecule has 0 saturated carbocycles. The number of hydrogen-bond acceptors (Lipinski definition) is 3. The second-order valence-electron chi connectivity index (χ2n) is 3.17. The molecule has 0 spiro atoms. The normalized spacial score (nSPS) is 10.3. The van der Waals surface area contributed by atoms with Crippen LogP contribution in [0, 0.1) is 6.92 Å². The summed E-state index contributed by atoms with van der Waals surface area (Å²) in [5.74, 6) is 1.13. The fourth-order valence-corrected chi connectivity index (χ4v) is 2.96. The summed E-state index contributed by atoms with van der Waals surface area (Å²) in [6, 6.07) is 1.92. The first-order valence-electron chi connectivity index (χ1n) is 4.68. The number of nitrogens with one attached hydrogen (secondary N) is 1. The van der Waals surface area contributed by atoms with Crippen molar-refractivity contribution in [3.8, 4) is 0 Å². The quantitative estimate of drug-likeness (QED) is 0.846. The van der Waals surface area contributed by atoms with Gasteiger partial charge in [-0.1, -0.05) is 0 Å². The Morgan fingerprint density at radius 3 is 2.93 bits per heavy atom. The zero-order chi connectivity index (χ0) is 11.3. The van der Waals surface area contributed by atoms with Gasteiger partial charge in [0, 0.05) is 6.54 Å². The monoisotopic (exact) mass is 307 g/mol. The van der Waals surface area contributed by atoms with E-state index in [1.807, 2.05) is 13.0 Å². The zero-order valence-electron chi connectivity index (χ0n) is 8.80. The van der Waals surface area contributed by atoms with Crippen molar-refractivity contribution in [3.63, 3.8) is 0 Å². The van der Waals surface area contributed by atoms with Gasteiger partial charge in [0.05, 0.1) is 8.66 Å². The maximum atomic E-state index is 11.6. The van der Waals surface area contributed by atoms with E-state index >= 15 is 0 Å². The fraction of sp³-hybridized carbons (Fsp3) is 0.500. The predicted molar refractivity (Wildman–Crippen MR) is 72.1 cm³/mol. The summed E-state index contributed by atoms with van der Waals surface area (Å²) in [5.41, 5.74) is 1.12. The highest BCUT2D eigenvalue weighted by Gasteiger charge is 2.09. The molecule has 2 nitrogen and oxygen atoms in total.